The third kappa shape index (κ3) is 4.64. The standard InChI is InChI=1S/C23H21F3N2O5/c1-22-10-17(21(31)32)28(18(22)11-22)19(29)12-27-20(30)13-2-6-15(7-3-13)33-16-8-4-14(5-9-16)23(24,25)26/h2-9,17-18H,10-12H2,1H3,(H,27,30)(H,31,32)/t17-,18-,22+/m0/s1. The molecule has 0 spiro atoms. The number of carbonyl (C=O) groups is 3. The molecule has 2 aromatic rings. The average molecular weight is 462 g/mol. The van der Waals surface area contributed by atoms with E-state index < -0.39 is 35.6 Å². The average Bonchev–Trinajstić information content (AvgIpc) is 3.32. The zero-order chi connectivity index (χ0) is 24.0. The predicted molar refractivity (Wildman–Crippen MR) is 110 cm³/mol. The van der Waals surface area contributed by atoms with Crippen LogP contribution in [0.4, 0.5) is 13.2 Å². The van der Waals surface area contributed by atoms with Crippen LogP contribution in [0.15, 0.2) is 48.5 Å². The van der Waals surface area contributed by atoms with Crippen molar-refractivity contribution >= 4 is 17.8 Å². The molecule has 33 heavy (non-hydrogen) atoms. The summed E-state index contributed by atoms with van der Waals surface area (Å²) < 4.78 is 43.4. The largest absolute Gasteiger partial charge is 0.480 e. The van der Waals surface area contributed by atoms with Gasteiger partial charge in [0, 0.05) is 11.6 Å². The molecular formula is C23H21F3N2O5. The second-order valence-electron chi connectivity index (χ2n) is 8.56. The van der Waals surface area contributed by atoms with Crippen molar-refractivity contribution in [3.05, 3.63) is 59.7 Å². The van der Waals surface area contributed by atoms with Crippen molar-refractivity contribution in [2.75, 3.05) is 6.54 Å². The summed E-state index contributed by atoms with van der Waals surface area (Å²) in [7, 11) is 0. The summed E-state index contributed by atoms with van der Waals surface area (Å²) in [6.07, 6.45) is -3.26. The molecule has 4 rings (SSSR count). The topological polar surface area (TPSA) is 95.9 Å². The van der Waals surface area contributed by atoms with E-state index in [1.807, 2.05) is 6.92 Å². The Morgan fingerprint density at radius 3 is 2.18 bits per heavy atom. The van der Waals surface area contributed by atoms with Crippen LogP contribution in [0.25, 0.3) is 0 Å². The fourth-order valence-corrected chi connectivity index (χ4v) is 4.22. The molecule has 1 saturated heterocycles. The van der Waals surface area contributed by atoms with Crippen LogP contribution in [0.5, 0.6) is 11.5 Å². The molecule has 2 N–H and O–H groups in total. The lowest BCUT2D eigenvalue weighted by Crippen LogP contribution is -2.47. The molecule has 0 unspecified atom stereocenters. The van der Waals surface area contributed by atoms with Crippen molar-refractivity contribution in [2.24, 2.45) is 5.41 Å². The normalized spacial score (nSPS) is 23.6. The Kier molecular flexibility index (Phi) is 5.55. The smallest absolute Gasteiger partial charge is 0.416 e. The van der Waals surface area contributed by atoms with Gasteiger partial charge in [0.05, 0.1) is 12.1 Å². The first kappa shape index (κ1) is 22.6. The summed E-state index contributed by atoms with van der Waals surface area (Å²) in [6.45, 7) is 1.63. The second-order valence-corrected chi connectivity index (χ2v) is 8.56. The Morgan fingerprint density at radius 2 is 1.64 bits per heavy atom. The molecule has 0 radical (unpaired) electrons. The fraction of sp³-hybridized carbons (Fsp3) is 0.348. The van der Waals surface area contributed by atoms with Crippen LogP contribution < -0.4 is 10.1 Å². The highest BCUT2D eigenvalue weighted by Crippen LogP contribution is 2.59. The minimum Gasteiger partial charge on any atom is -0.480 e. The number of likely N-dealkylation sites (tertiary alicyclic amines) is 1. The number of rotatable bonds is 6. The van der Waals surface area contributed by atoms with Crippen molar-refractivity contribution in [1.29, 1.82) is 0 Å². The number of alkyl halides is 3. The third-order valence-corrected chi connectivity index (χ3v) is 6.14. The van der Waals surface area contributed by atoms with Crippen LogP contribution in [0.2, 0.25) is 0 Å². The van der Waals surface area contributed by atoms with Crippen LogP contribution in [0, 0.1) is 5.41 Å². The van der Waals surface area contributed by atoms with E-state index in [0.717, 1.165) is 18.6 Å². The number of benzene rings is 2. The van der Waals surface area contributed by atoms with E-state index in [-0.39, 0.29) is 29.3 Å². The van der Waals surface area contributed by atoms with Crippen molar-refractivity contribution in [1.82, 2.24) is 10.2 Å². The summed E-state index contributed by atoms with van der Waals surface area (Å²) in [6, 6.07) is 9.09. The molecule has 0 aromatic heterocycles. The van der Waals surface area contributed by atoms with E-state index in [1.165, 1.54) is 41.3 Å². The molecule has 3 atom stereocenters. The Hall–Kier alpha value is -3.56. The number of fused-ring (bicyclic) bond motifs is 1. The number of hydrogen-bond donors (Lipinski definition) is 2. The molecule has 2 aliphatic rings. The summed E-state index contributed by atoms with van der Waals surface area (Å²) in [5.74, 6) is -1.49. The highest BCUT2D eigenvalue weighted by Gasteiger charge is 2.64. The van der Waals surface area contributed by atoms with E-state index in [2.05, 4.69) is 5.32 Å². The number of carboxylic acid groups (broad SMARTS) is 1. The molecule has 7 nitrogen and oxygen atoms in total. The van der Waals surface area contributed by atoms with Gasteiger partial charge in [0.2, 0.25) is 5.91 Å². The summed E-state index contributed by atoms with van der Waals surface area (Å²) in [5.41, 5.74) is -0.701. The van der Waals surface area contributed by atoms with Crippen molar-refractivity contribution < 1.29 is 37.4 Å². The maximum absolute atomic E-state index is 12.6. The third-order valence-electron chi connectivity index (χ3n) is 6.14. The molecule has 1 aliphatic carbocycles. The van der Waals surface area contributed by atoms with Crippen LogP contribution in [0.1, 0.15) is 35.7 Å². The van der Waals surface area contributed by atoms with E-state index in [1.54, 1.807) is 0 Å². The van der Waals surface area contributed by atoms with Crippen molar-refractivity contribution in [3.63, 3.8) is 0 Å². The monoisotopic (exact) mass is 462 g/mol. The van der Waals surface area contributed by atoms with Gasteiger partial charge in [-0.3, -0.25) is 9.59 Å². The maximum atomic E-state index is 12.6. The van der Waals surface area contributed by atoms with E-state index in [9.17, 15) is 32.7 Å². The van der Waals surface area contributed by atoms with E-state index in [0.29, 0.717) is 12.2 Å². The number of hydrogen-bond acceptors (Lipinski definition) is 4. The Balaban J connectivity index is 1.32. The van der Waals surface area contributed by atoms with Crippen LogP contribution in [-0.4, -0.2) is 46.4 Å². The summed E-state index contributed by atoms with van der Waals surface area (Å²) in [4.78, 5) is 37.8. The van der Waals surface area contributed by atoms with Gasteiger partial charge in [-0.05, 0) is 66.8 Å². The Labute approximate surface area is 187 Å². The first-order valence-electron chi connectivity index (χ1n) is 10.3. The number of piperidine rings is 1. The van der Waals surface area contributed by atoms with Gasteiger partial charge in [-0.2, -0.15) is 13.2 Å². The minimum absolute atomic E-state index is 0.107. The van der Waals surface area contributed by atoms with Crippen LogP contribution >= 0.6 is 0 Å². The minimum atomic E-state index is -4.43. The van der Waals surface area contributed by atoms with Crippen LogP contribution in [0.3, 0.4) is 0 Å². The SMILES string of the molecule is C[C@@]12C[C@@H]1N(C(=O)CNC(=O)c1ccc(Oc3ccc(C(F)(F)F)cc3)cc1)[C@H](C(=O)O)C2. The number of nitrogens with zero attached hydrogens (tertiary/aromatic N) is 1. The first-order chi connectivity index (χ1) is 15.5. The Bertz CT molecular complexity index is 1080. The number of nitrogens with one attached hydrogen (secondary N) is 1. The van der Waals surface area contributed by atoms with Gasteiger partial charge < -0.3 is 20.1 Å². The number of carbonyl (C=O) groups excluding carboxylic acids is 2. The molecule has 2 amide bonds. The predicted octanol–water partition coefficient (Wildman–Crippen LogP) is 3.69. The molecule has 10 heteroatoms. The highest BCUT2D eigenvalue weighted by molar-refractivity contribution is 5.97. The molecule has 2 aromatic carbocycles. The van der Waals surface area contributed by atoms with E-state index >= 15 is 0 Å². The van der Waals surface area contributed by atoms with Gasteiger partial charge in [0.1, 0.15) is 17.5 Å². The lowest BCUT2D eigenvalue weighted by molar-refractivity contribution is -0.149. The molecule has 0 bridgehead atoms. The molecule has 1 aliphatic heterocycles. The van der Waals surface area contributed by atoms with Gasteiger partial charge in [0.25, 0.3) is 5.91 Å². The highest BCUT2D eigenvalue weighted by atomic mass is 19.4. The molecule has 174 valence electrons. The maximum Gasteiger partial charge on any atom is 0.416 e. The number of ether oxygens (including phenoxy) is 1. The van der Waals surface area contributed by atoms with Gasteiger partial charge in [-0.15, -0.1) is 0 Å². The van der Waals surface area contributed by atoms with Gasteiger partial charge >= 0.3 is 12.1 Å². The first-order valence-corrected chi connectivity index (χ1v) is 10.3. The van der Waals surface area contributed by atoms with Crippen LogP contribution in [-0.2, 0) is 15.8 Å². The summed E-state index contributed by atoms with van der Waals surface area (Å²) >= 11 is 0. The summed E-state index contributed by atoms with van der Waals surface area (Å²) in [5, 5.41) is 11.9. The number of carboxylic acids is 1. The fourth-order valence-electron chi connectivity index (χ4n) is 4.22. The molecule has 1 saturated carbocycles. The van der Waals surface area contributed by atoms with Crippen molar-refractivity contribution in [3.8, 4) is 11.5 Å². The number of halogens is 3. The van der Waals surface area contributed by atoms with E-state index in [4.69, 9.17) is 4.74 Å². The van der Waals surface area contributed by atoms with Gasteiger partial charge in [-0.25, -0.2) is 4.79 Å². The number of aliphatic carboxylic acids is 1. The lowest BCUT2D eigenvalue weighted by atomic mass is 10.0. The zero-order valence-electron chi connectivity index (χ0n) is 17.6. The second kappa shape index (κ2) is 8.09. The zero-order valence-corrected chi connectivity index (χ0v) is 17.6. The molecular weight excluding hydrogens is 441 g/mol. The molecule has 2 fully saturated rings. The quantitative estimate of drug-likeness (QED) is 0.683. The van der Waals surface area contributed by atoms with Crippen molar-refractivity contribution in [2.45, 2.75) is 38.0 Å². The Morgan fingerprint density at radius 1 is 1.06 bits per heavy atom. The lowest BCUT2D eigenvalue weighted by Gasteiger charge is -2.24. The number of amides is 2. The van der Waals surface area contributed by atoms with Gasteiger partial charge in [-0.1, -0.05) is 6.92 Å². The van der Waals surface area contributed by atoms with Gasteiger partial charge in [0.15, 0.2) is 0 Å². The molecule has 1 heterocycles.